The number of anilines is 1. The number of ether oxygens (including phenoxy) is 1. The van der Waals surface area contributed by atoms with Crippen LogP contribution in [0.25, 0.3) is 32.8 Å². The lowest BCUT2D eigenvalue weighted by molar-refractivity contribution is 0.107. The number of nitrogens with zero attached hydrogens (tertiary/aromatic N) is 4. The zero-order valence-electron chi connectivity index (χ0n) is 24.6. The maximum atomic E-state index is 16.6. The molecule has 0 bridgehead atoms. The van der Waals surface area contributed by atoms with E-state index in [0.29, 0.717) is 37.3 Å². The van der Waals surface area contributed by atoms with Gasteiger partial charge in [0.2, 0.25) is 0 Å². The van der Waals surface area contributed by atoms with Gasteiger partial charge in [-0.3, -0.25) is 4.90 Å². The van der Waals surface area contributed by atoms with Crippen LogP contribution in [0.15, 0.2) is 36.4 Å². The number of rotatable bonds is 6. The van der Waals surface area contributed by atoms with Crippen LogP contribution >= 0.6 is 0 Å². The van der Waals surface area contributed by atoms with Crippen molar-refractivity contribution in [2.45, 2.75) is 63.3 Å². The molecule has 4 heterocycles. The van der Waals surface area contributed by atoms with Gasteiger partial charge in [0.25, 0.3) is 0 Å². The van der Waals surface area contributed by atoms with Crippen molar-refractivity contribution in [3.05, 3.63) is 59.7 Å². The summed E-state index contributed by atoms with van der Waals surface area (Å²) in [6, 6.07) is 8.08. The molecular formula is C33H34F5N5O. The van der Waals surface area contributed by atoms with Crippen LogP contribution in [0, 0.1) is 23.3 Å². The van der Waals surface area contributed by atoms with Gasteiger partial charge in [-0.2, -0.15) is 9.97 Å². The Labute approximate surface area is 252 Å². The van der Waals surface area contributed by atoms with Crippen LogP contribution in [0.5, 0.6) is 6.01 Å². The van der Waals surface area contributed by atoms with Gasteiger partial charge >= 0.3 is 6.01 Å². The van der Waals surface area contributed by atoms with Crippen molar-refractivity contribution in [2.75, 3.05) is 37.7 Å². The van der Waals surface area contributed by atoms with Crippen LogP contribution in [-0.2, 0) is 0 Å². The first-order chi connectivity index (χ1) is 21.2. The highest BCUT2D eigenvalue weighted by Crippen LogP contribution is 2.42. The molecule has 3 fully saturated rings. The van der Waals surface area contributed by atoms with Crippen molar-refractivity contribution >= 4 is 27.5 Å². The lowest BCUT2D eigenvalue weighted by Gasteiger charge is -2.38. The summed E-state index contributed by atoms with van der Waals surface area (Å²) in [5.74, 6) is -3.95. The fraction of sp³-hybridized carbons (Fsp3) is 0.455. The van der Waals surface area contributed by atoms with E-state index in [1.165, 1.54) is 24.3 Å². The van der Waals surface area contributed by atoms with Crippen LogP contribution in [0.3, 0.4) is 0 Å². The quantitative estimate of drug-likeness (QED) is 0.250. The molecule has 4 aromatic rings. The lowest BCUT2D eigenvalue weighted by Crippen LogP contribution is -2.55. The second kappa shape index (κ2) is 11.1. The zero-order chi connectivity index (χ0) is 30.7. The second-order valence-corrected chi connectivity index (χ2v) is 12.5. The zero-order valence-corrected chi connectivity index (χ0v) is 24.6. The fourth-order valence-electron chi connectivity index (χ4n) is 7.48. The van der Waals surface area contributed by atoms with Gasteiger partial charge in [-0.05, 0) is 55.8 Å². The van der Waals surface area contributed by atoms with E-state index >= 15 is 13.2 Å². The van der Waals surface area contributed by atoms with Crippen LogP contribution in [0.1, 0.15) is 39.5 Å². The summed E-state index contributed by atoms with van der Waals surface area (Å²) in [5.41, 5.74) is -1.31. The largest absolute Gasteiger partial charge is 0.461 e. The molecule has 232 valence electrons. The Hall–Kier alpha value is -3.57. The molecule has 0 aliphatic carbocycles. The minimum atomic E-state index is -1.19. The topological polar surface area (TPSA) is 53.5 Å². The Balaban J connectivity index is 1.39. The highest BCUT2D eigenvalue weighted by Gasteiger charge is 2.49. The molecule has 7 rings (SSSR count). The van der Waals surface area contributed by atoms with Crippen molar-refractivity contribution in [2.24, 2.45) is 0 Å². The SMILES string of the molecule is CC[C@@H]1CN(c2nc(OC[C@@]34CCCN3C[C@H](F)C4)nc3c(F)c(-c4cccc5ccc(F)c(F)c45)c(F)cc23)C[C@@H](C)N1. The summed E-state index contributed by atoms with van der Waals surface area (Å²) in [6.45, 7) is 6.44. The predicted molar refractivity (Wildman–Crippen MR) is 160 cm³/mol. The summed E-state index contributed by atoms with van der Waals surface area (Å²) < 4.78 is 82.6. The fourth-order valence-corrected chi connectivity index (χ4v) is 7.48. The Morgan fingerprint density at radius 2 is 1.86 bits per heavy atom. The third-order valence-corrected chi connectivity index (χ3v) is 9.53. The number of benzene rings is 3. The van der Waals surface area contributed by atoms with Crippen LogP contribution in [0.2, 0.25) is 0 Å². The molecule has 3 aliphatic heterocycles. The molecule has 44 heavy (non-hydrogen) atoms. The summed E-state index contributed by atoms with van der Waals surface area (Å²) in [5, 5.41) is 3.76. The van der Waals surface area contributed by atoms with Gasteiger partial charge < -0.3 is 15.0 Å². The second-order valence-electron chi connectivity index (χ2n) is 12.5. The minimum Gasteiger partial charge on any atom is -0.461 e. The number of halogens is 5. The number of nitrogens with one attached hydrogen (secondary N) is 1. The highest BCUT2D eigenvalue weighted by molar-refractivity contribution is 6.01. The van der Waals surface area contributed by atoms with Crippen molar-refractivity contribution in [1.82, 2.24) is 20.2 Å². The van der Waals surface area contributed by atoms with Gasteiger partial charge in [0.1, 0.15) is 29.9 Å². The molecule has 1 aromatic heterocycles. The molecule has 1 N–H and O–H groups in total. The van der Waals surface area contributed by atoms with Crippen LogP contribution in [-0.4, -0.2) is 71.4 Å². The van der Waals surface area contributed by atoms with E-state index in [4.69, 9.17) is 4.74 Å². The van der Waals surface area contributed by atoms with Gasteiger partial charge in [0.05, 0.1) is 11.1 Å². The molecule has 3 saturated heterocycles. The Morgan fingerprint density at radius 3 is 2.68 bits per heavy atom. The molecule has 0 spiro atoms. The highest BCUT2D eigenvalue weighted by atomic mass is 19.2. The smallest absolute Gasteiger partial charge is 0.319 e. The summed E-state index contributed by atoms with van der Waals surface area (Å²) >= 11 is 0. The van der Waals surface area contributed by atoms with E-state index < -0.39 is 40.5 Å². The number of aromatic nitrogens is 2. The molecule has 0 amide bonds. The van der Waals surface area contributed by atoms with Crippen molar-refractivity contribution in [1.29, 1.82) is 0 Å². The Kier molecular flexibility index (Phi) is 7.36. The molecule has 6 nitrogen and oxygen atoms in total. The van der Waals surface area contributed by atoms with E-state index in [-0.39, 0.29) is 46.6 Å². The van der Waals surface area contributed by atoms with E-state index in [1.54, 1.807) is 6.07 Å². The molecule has 0 radical (unpaired) electrons. The number of hydrogen-bond donors (Lipinski definition) is 1. The number of alkyl halides is 1. The van der Waals surface area contributed by atoms with E-state index in [0.717, 1.165) is 31.9 Å². The maximum Gasteiger partial charge on any atom is 0.319 e. The van der Waals surface area contributed by atoms with E-state index in [2.05, 4.69) is 27.1 Å². The number of piperazine rings is 1. The third-order valence-electron chi connectivity index (χ3n) is 9.53. The predicted octanol–water partition coefficient (Wildman–Crippen LogP) is 6.54. The molecule has 0 unspecified atom stereocenters. The summed E-state index contributed by atoms with van der Waals surface area (Å²) in [7, 11) is 0. The lowest BCUT2D eigenvalue weighted by atomic mass is 9.95. The molecular weight excluding hydrogens is 577 g/mol. The average molecular weight is 612 g/mol. The van der Waals surface area contributed by atoms with Gasteiger partial charge in [0.15, 0.2) is 17.5 Å². The van der Waals surface area contributed by atoms with Crippen molar-refractivity contribution in [3.63, 3.8) is 0 Å². The van der Waals surface area contributed by atoms with Gasteiger partial charge in [-0.25, -0.2) is 22.0 Å². The third kappa shape index (κ3) is 4.84. The first-order valence-corrected chi connectivity index (χ1v) is 15.3. The Bertz CT molecular complexity index is 1750. The van der Waals surface area contributed by atoms with Gasteiger partial charge in [0, 0.05) is 48.9 Å². The van der Waals surface area contributed by atoms with E-state index in [9.17, 15) is 8.78 Å². The van der Waals surface area contributed by atoms with Crippen LogP contribution in [0.4, 0.5) is 27.8 Å². The summed E-state index contributed by atoms with van der Waals surface area (Å²) in [4.78, 5) is 13.2. The minimum absolute atomic E-state index is 0.0801. The van der Waals surface area contributed by atoms with E-state index in [1.807, 2.05) is 11.8 Å². The monoisotopic (exact) mass is 611 g/mol. The van der Waals surface area contributed by atoms with Gasteiger partial charge in [-0.15, -0.1) is 0 Å². The van der Waals surface area contributed by atoms with Crippen molar-refractivity contribution in [3.8, 4) is 17.1 Å². The van der Waals surface area contributed by atoms with Crippen molar-refractivity contribution < 1.29 is 26.7 Å². The van der Waals surface area contributed by atoms with Crippen LogP contribution < -0.4 is 15.0 Å². The maximum absolute atomic E-state index is 16.6. The molecule has 3 aliphatic rings. The first kappa shape index (κ1) is 29.2. The Morgan fingerprint density at radius 1 is 1.02 bits per heavy atom. The normalized spacial score (nSPS) is 25.7. The number of hydrogen-bond acceptors (Lipinski definition) is 6. The van der Waals surface area contributed by atoms with Gasteiger partial charge in [-0.1, -0.05) is 31.2 Å². The summed E-state index contributed by atoms with van der Waals surface area (Å²) in [6.07, 6.45) is 1.93. The molecule has 3 aromatic carbocycles. The standard InChI is InChI=1S/C33H34F5N5O/c1-3-21-16-42(14-18(2)39-21)31-23-12-25(36)27(22-7-4-6-19-8-9-24(35)28(37)26(19)22)29(38)30(23)40-32(41-31)44-17-33-10-5-11-43(33)15-20(34)13-33/h4,6-9,12,18,20-21,39H,3,5,10-11,13-17H2,1-2H3/t18-,20-,21-,33+/m1/s1. The first-order valence-electron chi connectivity index (χ1n) is 15.3. The molecule has 4 atom stereocenters. The number of fused-ring (bicyclic) bond motifs is 3. The molecule has 0 saturated carbocycles. The molecule has 11 heteroatoms. The average Bonchev–Trinajstić information content (AvgIpc) is 3.53.